The third kappa shape index (κ3) is 2.58. The average molecular weight is 341 g/mol. The van der Waals surface area contributed by atoms with Crippen molar-refractivity contribution in [3.05, 3.63) is 19.2 Å². The van der Waals surface area contributed by atoms with Crippen LogP contribution in [0.3, 0.4) is 0 Å². The molecule has 2 rings (SSSR count). The summed E-state index contributed by atoms with van der Waals surface area (Å²) in [7, 11) is 0. The van der Waals surface area contributed by atoms with Crippen molar-refractivity contribution in [1.29, 1.82) is 0 Å². The fourth-order valence-electron chi connectivity index (χ4n) is 1.68. The summed E-state index contributed by atoms with van der Waals surface area (Å²) in [5.41, 5.74) is 1.30. The van der Waals surface area contributed by atoms with Crippen LogP contribution in [0.4, 0.5) is 0 Å². The number of hydrogen-bond donors (Lipinski definition) is 1. The Morgan fingerprint density at radius 3 is 2.86 bits per heavy atom. The molecule has 0 amide bonds. The summed E-state index contributed by atoms with van der Waals surface area (Å²) in [6, 6.07) is 2.14. The van der Waals surface area contributed by atoms with Gasteiger partial charge in [0.2, 0.25) is 0 Å². The van der Waals surface area contributed by atoms with Crippen LogP contribution in [0.5, 0.6) is 0 Å². The number of β-amino-alcohol motifs (C(OH)–C–C–N with tert-alkyl or cyclic N) is 1. The second-order valence-corrected chi connectivity index (χ2v) is 7.28. The van der Waals surface area contributed by atoms with Gasteiger partial charge in [-0.15, -0.1) is 11.3 Å². The average Bonchev–Trinajstić information content (AvgIpc) is 2.61. The molecule has 1 aromatic rings. The van der Waals surface area contributed by atoms with Crippen LogP contribution in [0.15, 0.2) is 13.6 Å². The maximum Gasteiger partial charge on any atom is 0.0755 e. The molecule has 0 radical (unpaired) electrons. The Morgan fingerprint density at radius 2 is 2.36 bits per heavy atom. The smallest absolute Gasteiger partial charge is 0.0755 e. The number of aliphatic hydroxyl groups is 1. The van der Waals surface area contributed by atoms with Crippen molar-refractivity contribution >= 4 is 43.2 Å². The molecule has 0 unspecified atom stereocenters. The highest BCUT2D eigenvalue weighted by Gasteiger charge is 2.21. The molecule has 0 saturated carbocycles. The van der Waals surface area contributed by atoms with Crippen molar-refractivity contribution in [2.45, 2.75) is 19.1 Å². The van der Waals surface area contributed by atoms with Gasteiger partial charge in [-0.25, -0.2) is 0 Å². The number of rotatable bonds is 2. The molecular formula is C9H11Br2NOS. The lowest BCUT2D eigenvalue weighted by molar-refractivity contribution is 0.175. The zero-order valence-electron chi connectivity index (χ0n) is 7.54. The first-order chi connectivity index (χ1) is 6.65. The van der Waals surface area contributed by atoms with Crippen LogP contribution < -0.4 is 0 Å². The van der Waals surface area contributed by atoms with Crippen LogP contribution in [-0.4, -0.2) is 29.2 Å². The van der Waals surface area contributed by atoms with E-state index in [1.807, 2.05) is 0 Å². The molecule has 78 valence electrons. The molecule has 0 aromatic carbocycles. The van der Waals surface area contributed by atoms with Gasteiger partial charge in [-0.2, -0.15) is 0 Å². The van der Waals surface area contributed by atoms with Crippen LogP contribution >= 0.6 is 43.2 Å². The first kappa shape index (κ1) is 11.1. The molecule has 14 heavy (non-hydrogen) atoms. The maximum atomic E-state index is 9.39. The number of aliphatic hydroxyl groups excluding tert-OH is 1. The number of hydrogen-bond acceptors (Lipinski definition) is 3. The Kier molecular flexibility index (Phi) is 3.65. The first-order valence-corrected chi connectivity index (χ1v) is 6.89. The summed E-state index contributed by atoms with van der Waals surface area (Å²) in [5, 5.41) is 9.39. The van der Waals surface area contributed by atoms with E-state index >= 15 is 0 Å². The van der Waals surface area contributed by atoms with E-state index in [0.717, 1.165) is 29.8 Å². The van der Waals surface area contributed by atoms with Gasteiger partial charge in [0, 0.05) is 19.6 Å². The summed E-state index contributed by atoms with van der Waals surface area (Å²) in [6.07, 6.45) is 0.777. The lowest BCUT2D eigenvalue weighted by Gasteiger charge is -2.13. The molecule has 0 aliphatic carbocycles. The van der Waals surface area contributed by atoms with Crippen molar-refractivity contribution in [1.82, 2.24) is 4.90 Å². The highest BCUT2D eigenvalue weighted by atomic mass is 79.9. The fourth-order valence-corrected chi connectivity index (χ4v) is 4.48. The quantitative estimate of drug-likeness (QED) is 0.894. The highest BCUT2D eigenvalue weighted by Crippen LogP contribution is 2.33. The second-order valence-electron chi connectivity index (χ2n) is 3.53. The number of nitrogens with zero attached hydrogens (tertiary/aromatic N) is 1. The summed E-state index contributed by atoms with van der Waals surface area (Å²) < 4.78 is 2.34. The summed E-state index contributed by atoms with van der Waals surface area (Å²) >= 11 is 8.70. The molecule has 1 aliphatic rings. The van der Waals surface area contributed by atoms with Gasteiger partial charge in [0.05, 0.1) is 13.7 Å². The molecule has 1 fully saturated rings. The van der Waals surface area contributed by atoms with Crippen LogP contribution in [-0.2, 0) is 6.54 Å². The van der Waals surface area contributed by atoms with E-state index in [0.29, 0.717) is 0 Å². The van der Waals surface area contributed by atoms with Gasteiger partial charge in [0.1, 0.15) is 0 Å². The van der Waals surface area contributed by atoms with Crippen LogP contribution in [0, 0.1) is 0 Å². The molecule has 1 aromatic heterocycles. The van der Waals surface area contributed by atoms with E-state index in [2.05, 4.69) is 42.8 Å². The third-order valence-corrected chi connectivity index (χ3v) is 4.83. The molecule has 0 spiro atoms. The lowest BCUT2D eigenvalue weighted by Crippen LogP contribution is -2.21. The van der Waals surface area contributed by atoms with E-state index in [-0.39, 0.29) is 6.10 Å². The van der Waals surface area contributed by atoms with Crippen molar-refractivity contribution in [2.75, 3.05) is 13.1 Å². The lowest BCUT2D eigenvalue weighted by atomic mass is 10.3. The van der Waals surface area contributed by atoms with Gasteiger partial charge >= 0.3 is 0 Å². The van der Waals surface area contributed by atoms with Crippen LogP contribution in [0.2, 0.25) is 0 Å². The van der Waals surface area contributed by atoms with Gasteiger partial charge in [0.25, 0.3) is 0 Å². The molecule has 1 aliphatic heterocycles. The predicted molar refractivity (Wildman–Crippen MR) is 65.6 cm³/mol. The SMILES string of the molecule is O[C@@H]1CCN(Cc2cc(Br)sc2Br)C1. The Balaban J connectivity index is 2.00. The molecule has 0 bridgehead atoms. The van der Waals surface area contributed by atoms with Gasteiger partial charge in [-0.05, 0) is 49.9 Å². The van der Waals surface area contributed by atoms with Gasteiger partial charge < -0.3 is 5.11 Å². The maximum absolute atomic E-state index is 9.39. The monoisotopic (exact) mass is 339 g/mol. The van der Waals surface area contributed by atoms with Crippen molar-refractivity contribution in [2.24, 2.45) is 0 Å². The van der Waals surface area contributed by atoms with Crippen molar-refractivity contribution in [3.8, 4) is 0 Å². The fraction of sp³-hybridized carbons (Fsp3) is 0.556. The standard InChI is InChI=1S/C9H11Br2NOS/c10-8-3-6(9(11)14-8)4-12-2-1-7(13)5-12/h3,7,13H,1-2,4-5H2/t7-/m1/s1. The van der Waals surface area contributed by atoms with Crippen molar-refractivity contribution in [3.63, 3.8) is 0 Å². The van der Waals surface area contributed by atoms with Crippen molar-refractivity contribution < 1.29 is 5.11 Å². The number of likely N-dealkylation sites (tertiary alicyclic amines) is 1. The normalized spacial score (nSPS) is 23.2. The molecular weight excluding hydrogens is 330 g/mol. The second kappa shape index (κ2) is 4.61. The van der Waals surface area contributed by atoms with E-state index in [1.54, 1.807) is 11.3 Å². The Bertz CT molecular complexity index is 329. The topological polar surface area (TPSA) is 23.5 Å². The van der Waals surface area contributed by atoms with E-state index in [9.17, 15) is 5.11 Å². The first-order valence-electron chi connectivity index (χ1n) is 4.49. The van der Waals surface area contributed by atoms with Gasteiger partial charge in [0.15, 0.2) is 0 Å². The number of thiophene rings is 1. The Labute approximate surface area is 104 Å². The molecule has 1 saturated heterocycles. The zero-order chi connectivity index (χ0) is 10.1. The minimum Gasteiger partial charge on any atom is -0.392 e. The summed E-state index contributed by atoms with van der Waals surface area (Å²) in [5.74, 6) is 0. The number of halogens is 2. The Morgan fingerprint density at radius 1 is 1.57 bits per heavy atom. The minimum atomic E-state index is -0.129. The summed E-state index contributed by atoms with van der Waals surface area (Å²) in [6.45, 7) is 2.74. The molecule has 2 heterocycles. The summed E-state index contributed by atoms with van der Waals surface area (Å²) in [4.78, 5) is 2.28. The largest absolute Gasteiger partial charge is 0.392 e. The van der Waals surface area contributed by atoms with Gasteiger partial charge in [-0.3, -0.25) is 4.90 Å². The third-order valence-electron chi connectivity index (χ3n) is 2.37. The van der Waals surface area contributed by atoms with Gasteiger partial charge in [-0.1, -0.05) is 0 Å². The van der Waals surface area contributed by atoms with Crippen LogP contribution in [0.25, 0.3) is 0 Å². The molecule has 1 atom stereocenters. The van der Waals surface area contributed by atoms with E-state index in [4.69, 9.17) is 0 Å². The minimum absolute atomic E-state index is 0.129. The molecule has 1 N–H and O–H groups in total. The van der Waals surface area contributed by atoms with Crippen LogP contribution in [0.1, 0.15) is 12.0 Å². The highest BCUT2D eigenvalue weighted by molar-refractivity contribution is 9.12. The zero-order valence-corrected chi connectivity index (χ0v) is 11.5. The molecule has 2 nitrogen and oxygen atoms in total. The Hall–Kier alpha value is 0.580. The van der Waals surface area contributed by atoms with E-state index in [1.165, 1.54) is 9.35 Å². The predicted octanol–water partition coefficient (Wildman–Crippen LogP) is 2.84. The molecule has 5 heteroatoms. The van der Waals surface area contributed by atoms with E-state index < -0.39 is 0 Å².